The van der Waals surface area contributed by atoms with Gasteiger partial charge in [-0.15, -0.1) is 0 Å². The zero-order chi connectivity index (χ0) is 13.7. The van der Waals surface area contributed by atoms with Gasteiger partial charge in [0.1, 0.15) is 0 Å². The molecule has 19 heavy (non-hydrogen) atoms. The van der Waals surface area contributed by atoms with Gasteiger partial charge >= 0.3 is 0 Å². The molecule has 0 spiro atoms. The number of hydrogen-bond acceptors (Lipinski definition) is 4. The molecular weight excluding hydrogens is 244 g/mol. The number of para-hydroxylation sites is 1. The van der Waals surface area contributed by atoms with Gasteiger partial charge in [-0.05, 0) is 25.7 Å². The molecule has 1 aliphatic rings. The molecule has 1 aromatic rings. The van der Waals surface area contributed by atoms with Crippen LogP contribution in [0.4, 0.5) is 5.69 Å². The Kier molecular flexibility index (Phi) is 4.87. The number of nitro benzene ring substituents is 1. The first-order valence-corrected chi connectivity index (χ1v) is 6.69. The van der Waals surface area contributed by atoms with Gasteiger partial charge in [0.15, 0.2) is 0 Å². The van der Waals surface area contributed by atoms with E-state index in [4.69, 9.17) is 4.74 Å². The molecular formula is C14H20N2O3. The molecule has 2 atom stereocenters. The Labute approximate surface area is 113 Å². The largest absolute Gasteiger partial charge is 0.381 e. The third-order valence-electron chi connectivity index (χ3n) is 3.73. The average Bonchev–Trinajstić information content (AvgIpc) is 2.45. The minimum atomic E-state index is -0.324. The maximum absolute atomic E-state index is 10.9. The predicted octanol–water partition coefficient (Wildman–Crippen LogP) is 2.64. The van der Waals surface area contributed by atoms with Gasteiger partial charge in [0.2, 0.25) is 0 Å². The van der Waals surface area contributed by atoms with E-state index in [0.717, 1.165) is 31.2 Å². The van der Waals surface area contributed by atoms with Gasteiger partial charge in [0.25, 0.3) is 5.69 Å². The van der Waals surface area contributed by atoms with Crippen molar-refractivity contribution in [3.05, 3.63) is 39.9 Å². The first-order chi connectivity index (χ1) is 9.20. The Morgan fingerprint density at radius 2 is 2.21 bits per heavy atom. The van der Waals surface area contributed by atoms with Crippen molar-refractivity contribution in [2.45, 2.75) is 44.4 Å². The molecule has 0 aromatic heterocycles. The van der Waals surface area contributed by atoms with Crippen LogP contribution in [0.1, 0.15) is 31.2 Å². The molecule has 0 aliphatic heterocycles. The number of methoxy groups -OCH3 is 1. The van der Waals surface area contributed by atoms with Crippen LogP contribution in [0.25, 0.3) is 0 Å². The van der Waals surface area contributed by atoms with E-state index in [9.17, 15) is 10.1 Å². The number of nitrogens with one attached hydrogen (secondary N) is 1. The van der Waals surface area contributed by atoms with Crippen molar-refractivity contribution in [1.82, 2.24) is 5.32 Å². The van der Waals surface area contributed by atoms with Crippen LogP contribution in [0.15, 0.2) is 24.3 Å². The van der Waals surface area contributed by atoms with Gasteiger partial charge in [0, 0.05) is 31.3 Å². The molecule has 104 valence electrons. The summed E-state index contributed by atoms with van der Waals surface area (Å²) in [7, 11) is 1.75. The summed E-state index contributed by atoms with van der Waals surface area (Å²) in [4.78, 5) is 10.6. The van der Waals surface area contributed by atoms with E-state index in [1.807, 2.05) is 12.1 Å². The summed E-state index contributed by atoms with van der Waals surface area (Å²) in [6.07, 6.45) is 4.67. The van der Waals surface area contributed by atoms with Gasteiger partial charge < -0.3 is 10.1 Å². The number of ether oxygens (including phenoxy) is 1. The molecule has 5 heteroatoms. The van der Waals surface area contributed by atoms with E-state index in [0.29, 0.717) is 18.7 Å². The van der Waals surface area contributed by atoms with Crippen LogP contribution < -0.4 is 5.32 Å². The fourth-order valence-electron chi connectivity index (χ4n) is 2.64. The van der Waals surface area contributed by atoms with Crippen LogP contribution in [-0.4, -0.2) is 24.2 Å². The number of nitrogens with zero attached hydrogens (tertiary/aromatic N) is 1. The fraction of sp³-hybridized carbons (Fsp3) is 0.571. The lowest BCUT2D eigenvalue weighted by molar-refractivity contribution is -0.385. The van der Waals surface area contributed by atoms with Crippen LogP contribution in [0.5, 0.6) is 0 Å². The molecule has 0 saturated heterocycles. The second kappa shape index (κ2) is 6.63. The lowest BCUT2D eigenvalue weighted by atomic mass is 9.92. The summed E-state index contributed by atoms with van der Waals surface area (Å²) in [5.41, 5.74) is 0.932. The molecule has 0 radical (unpaired) electrons. The van der Waals surface area contributed by atoms with E-state index in [2.05, 4.69) is 5.32 Å². The highest BCUT2D eigenvalue weighted by molar-refractivity contribution is 5.39. The van der Waals surface area contributed by atoms with Crippen LogP contribution in [0.2, 0.25) is 0 Å². The standard InChI is InChI=1S/C14H20N2O3/c1-19-13-7-4-6-12(9-13)15-10-11-5-2-3-8-14(11)16(17)18/h2-3,5,8,12-13,15H,4,6-7,9-10H2,1H3. The van der Waals surface area contributed by atoms with E-state index in [1.165, 1.54) is 0 Å². The number of hydrogen-bond donors (Lipinski definition) is 1. The van der Waals surface area contributed by atoms with Crippen molar-refractivity contribution in [1.29, 1.82) is 0 Å². The van der Waals surface area contributed by atoms with Gasteiger partial charge in [-0.25, -0.2) is 0 Å². The Morgan fingerprint density at radius 1 is 1.42 bits per heavy atom. The third kappa shape index (κ3) is 3.75. The summed E-state index contributed by atoms with van der Waals surface area (Å²) in [5.74, 6) is 0. The summed E-state index contributed by atoms with van der Waals surface area (Å²) >= 11 is 0. The molecule has 1 aromatic carbocycles. The topological polar surface area (TPSA) is 64.4 Å². The highest BCUT2D eigenvalue weighted by atomic mass is 16.6. The van der Waals surface area contributed by atoms with E-state index in [1.54, 1.807) is 19.2 Å². The van der Waals surface area contributed by atoms with Crippen LogP contribution in [0, 0.1) is 10.1 Å². The van der Waals surface area contributed by atoms with Crippen molar-refractivity contribution in [2.75, 3.05) is 7.11 Å². The molecule has 1 aliphatic carbocycles. The van der Waals surface area contributed by atoms with Crippen molar-refractivity contribution in [2.24, 2.45) is 0 Å². The molecule has 5 nitrogen and oxygen atoms in total. The van der Waals surface area contributed by atoms with Crippen LogP contribution in [-0.2, 0) is 11.3 Å². The molecule has 0 amide bonds. The number of nitro groups is 1. The molecule has 1 fully saturated rings. The molecule has 2 rings (SSSR count). The van der Waals surface area contributed by atoms with Crippen molar-refractivity contribution >= 4 is 5.69 Å². The Hall–Kier alpha value is -1.46. The van der Waals surface area contributed by atoms with Gasteiger partial charge in [-0.3, -0.25) is 10.1 Å². The monoisotopic (exact) mass is 264 g/mol. The van der Waals surface area contributed by atoms with Crippen molar-refractivity contribution in [3.8, 4) is 0 Å². The highest BCUT2D eigenvalue weighted by Crippen LogP contribution is 2.22. The second-order valence-electron chi connectivity index (χ2n) is 4.99. The number of benzene rings is 1. The number of rotatable bonds is 5. The van der Waals surface area contributed by atoms with Gasteiger partial charge in [-0.2, -0.15) is 0 Å². The SMILES string of the molecule is COC1CCCC(NCc2ccccc2[N+](=O)[O-])C1. The average molecular weight is 264 g/mol. The summed E-state index contributed by atoms with van der Waals surface area (Å²) in [6, 6.07) is 7.28. The van der Waals surface area contributed by atoms with Gasteiger partial charge in [-0.1, -0.05) is 18.2 Å². The lowest BCUT2D eigenvalue weighted by Gasteiger charge is -2.28. The summed E-state index contributed by atoms with van der Waals surface area (Å²) < 4.78 is 5.39. The predicted molar refractivity (Wildman–Crippen MR) is 73.0 cm³/mol. The molecule has 1 N–H and O–H groups in total. The molecule has 0 heterocycles. The van der Waals surface area contributed by atoms with Crippen LogP contribution >= 0.6 is 0 Å². The second-order valence-corrected chi connectivity index (χ2v) is 4.99. The Balaban J connectivity index is 1.93. The summed E-state index contributed by atoms with van der Waals surface area (Å²) in [6.45, 7) is 0.540. The normalized spacial score (nSPS) is 23.2. The van der Waals surface area contributed by atoms with Gasteiger partial charge in [0.05, 0.1) is 11.0 Å². The van der Waals surface area contributed by atoms with E-state index in [-0.39, 0.29) is 10.6 Å². The quantitative estimate of drug-likeness (QED) is 0.656. The fourth-order valence-corrected chi connectivity index (χ4v) is 2.64. The highest BCUT2D eigenvalue weighted by Gasteiger charge is 2.22. The zero-order valence-corrected chi connectivity index (χ0v) is 11.2. The maximum Gasteiger partial charge on any atom is 0.273 e. The Morgan fingerprint density at radius 3 is 2.95 bits per heavy atom. The lowest BCUT2D eigenvalue weighted by Crippen LogP contribution is -2.36. The summed E-state index contributed by atoms with van der Waals surface area (Å²) in [5, 5.41) is 14.3. The van der Waals surface area contributed by atoms with E-state index >= 15 is 0 Å². The van der Waals surface area contributed by atoms with Crippen LogP contribution in [0.3, 0.4) is 0 Å². The minimum Gasteiger partial charge on any atom is -0.381 e. The molecule has 2 unspecified atom stereocenters. The maximum atomic E-state index is 10.9. The van der Waals surface area contributed by atoms with E-state index < -0.39 is 0 Å². The minimum absolute atomic E-state index is 0.189. The third-order valence-corrected chi connectivity index (χ3v) is 3.73. The molecule has 0 bridgehead atoms. The first kappa shape index (κ1) is 14.0. The van der Waals surface area contributed by atoms with Crippen molar-refractivity contribution < 1.29 is 9.66 Å². The zero-order valence-electron chi connectivity index (χ0n) is 11.2. The Bertz CT molecular complexity index is 436. The molecule has 1 saturated carbocycles. The smallest absolute Gasteiger partial charge is 0.273 e. The first-order valence-electron chi connectivity index (χ1n) is 6.69. The van der Waals surface area contributed by atoms with Crippen molar-refractivity contribution in [3.63, 3.8) is 0 Å².